The Balaban J connectivity index is 1.79. The van der Waals surface area contributed by atoms with Gasteiger partial charge in [0.05, 0.1) is 16.5 Å². The minimum Gasteiger partial charge on any atom is -0.490 e. The second-order valence-corrected chi connectivity index (χ2v) is 8.30. The monoisotopic (exact) mass is 451 g/mol. The maximum atomic E-state index is 11.2. The molecular formula is C20H22BrNO4S. The maximum absolute atomic E-state index is 11.2. The molecule has 1 aliphatic heterocycles. The predicted octanol–water partition coefficient (Wildman–Crippen LogP) is 4.52. The van der Waals surface area contributed by atoms with Crippen LogP contribution in [0, 0.1) is 6.92 Å². The first-order valence-electron chi connectivity index (χ1n) is 8.73. The minimum absolute atomic E-state index is 0.0900. The van der Waals surface area contributed by atoms with Crippen LogP contribution < -0.4 is 14.8 Å². The molecule has 1 heterocycles. The Bertz CT molecular complexity index is 812. The first-order valence-corrected chi connectivity index (χ1v) is 10.6. The standard InChI is InChI=1S/C20H22BrNO4S/c1-3-25-17-9-14(19-22-16(11-27-19)20(23)24)8-15(21)18(17)26-10-13-6-4-12(2)5-7-13/h4-9,16,19,22H,3,10-11H2,1-2H3,(H,23,24)/t16-,19-/m0/s1. The highest BCUT2D eigenvalue weighted by atomic mass is 79.9. The molecule has 2 atom stereocenters. The van der Waals surface area contributed by atoms with Crippen LogP contribution in [-0.4, -0.2) is 29.5 Å². The summed E-state index contributed by atoms with van der Waals surface area (Å²) in [6, 6.07) is 11.6. The average Bonchev–Trinajstić information content (AvgIpc) is 3.13. The van der Waals surface area contributed by atoms with Gasteiger partial charge in [-0.1, -0.05) is 29.8 Å². The van der Waals surface area contributed by atoms with Gasteiger partial charge in [-0.05, 0) is 53.0 Å². The number of rotatable bonds is 7. The number of ether oxygens (including phenoxy) is 2. The van der Waals surface area contributed by atoms with E-state index in [1.165, 1.54) is 5.56 Å². The summed E-state index contributed by atoms with van der Waals surface area (Å²) in [7, 11) is 0. The SMILES string of the molecule is CCOc1cc([C@H]2N[C@H](C(=O)O)CS2)cc(Br)c1OCc1ccc(C)cc1. The van der Waals surface area contributed by atoms with Gasteiger partial charge in [0.15, 0.2) is 11.5 Å². The summed E-state index contributed by atoms with van der Waals surface area (Å²) in [5.74, 6) is 1.01. The molecule has 0 amide bonds. The zero-order chi connectivity index (χ0) is 19.4. The first kappa shape index (κ1) is 20.0. The van der Waals surface area contributed by atoms with E-state index in [9.17, 15) is 9.90 Å². The van der Waals surface area contributed by atoms with Crippen LogP contribution >= 0.6 is 27.7 Å². The van der Waals surface area contributed by atoms with Crippen LogP contribution in [0.2, 0.25) is 0 Å². The molecule has 0 aliphatic carbocycles. The Morgan fingerprint density at radius 1 is 1.30 bits per heavy atom. The lowest BCUT2D eigenvalue weighted by Gasteiger charge is -2.18. The van der Waals surface area contributed by atoms with E-state index in [0.717, 1.165) is 15.6 Å². The topological polar surface area (TPSA) is 67.8 Å². The number of carboxylic acids is 1. The van der Waals surface area contributed by atoms with E-state index in [-0.39, 0.29) is 5.37 Å². The number of thioether (sulfide) groups is 1. The molecule has 0 spiro atoms. The van der Waals surface area contributed by atoms with E-state index in [1.54, 1.807) is 11.8 Å². The van der Waals surface area contributed by atoms with Gasteiger partial charge < -0.3 is 14.6 Å². The molecule has 1 fully saturated rings. The summed E-state index contributed by atoms with van der Waals surface area (Å²) in [6.45, 7) is 4.93. The van der Waals surface area contributed by atoms with Crippen LogP contribution in [0.1, 0.15) is 29.0 Å². The zero-order valence-corrected chi connectivity index (χ0v) is 17.6. The van der Waals surface area contributed by atoms with Crippen molar-refractivity contribution in [3.8, 4) is 11.5 Å². The fraction of sp³-hybridized carbons (Fsp3) is 0.350. The smallest absolute Gasteiger partial charge is 0.321 e. The van der Waals surface area contributed by atoms with Gasteiger partial charge in [-0.3, -0.25) is 10.1 Å². The normalized spacial score (nSPS) is 19.1. The molecule has 0 bridgehead atoms. The maximum Gasteiger partial charge on any atom is 0.321 e. The molecule has 1 aliphatic rings. The van der Waals surface area contributed by atoms with Crippen molar-refractivity contribution in [3.63, 3.8) is 0 Å². The summed E-state index contributed by atoms with van der Waals surface area (Å²) in [5, 5.41) is 12.2. The number of hydrogen-bond donors (Lipinski definition) is 2. The predicted molar refractivity (Wildman–Crippen MR) is 111 cm³/mol. The third kappa shape index (κ3) is 4.97. The molecule has 2 N–H and O–H groups in total. The minimum atomic E-state index is -0.827. The van der Waals surface area contributed by atoms with Crippen molar-refractivity contribution >= 4 is 33.7 Å². The van der Waals surface area contributed by atoms with Gasteiger partial charge in [-0.25, -0.2) is 0 Å². The summed E-state index contributed by atoms with van der Waals surface area (Å²) in [4.78, 5) is 11.2. The molecule has 2 aromatic carbocycles. The Kier molecular flexibility index (Phi) is 6.68. The lowest BCUT2D eigenvalue weighted by molar-refractivity contribution is -0.138. The number of benzene rings is 2. The van der Waals surface area contributed by atoms with E-state index < -0.39 is 12.0 Å². The molecule has 2 aromatic rings. The second kappa shape index (κ2) is 8.99. The van der Waals surface area contributed by atoms with Crippen molar-refractivity contribution in [2.75, 3.05) is 12.4 Å². The summed E-state index contributed by atoms with van der Waals surface area (Å²) < 4.78 is 12.6. The molecule has 0 saturated carbocycles. The Hall–Kier alpha value is -1.70. The molecule has 3 rings (SSSR count). The van der Waals surface area contributed by atoms with Crippen molar-refractivity contribution in [2.45, 2.75) is 31.9 Å². The number of nitrogens with one attached hydrogen (secondary N) is 1. The number of carbonyl (C=O) groups is 1. The summed E-state index contributed by atoms with van der Waals surface area (Å²) in [5.41, 5.74) is 3.25. The van der Waals surface area contributed by atoms with E-state index in [1.807, 2.05) is 31.2 Å². The van der Waals surface area contributed by atoms with E-state index >= 15 is 0 Å². The molecule has 0 aromatic heterocycles. The van der Waals surface area contributed by atoms with Crippen molar-refractivity contribution in [3.05, 3.63) is 57.6 Å². The molecule has 27 heavy (non-hydrogen) atoms. The second-order valence-electron chi connectivity index (χ2n) is 6.31. The van der Waals surface area contributed by atoms with Gasteiger partial charge in [0.25, 0.3) is 0 Å². The highest BCUT2D eigenvalue weighted by Crippen LogP contribution is 2.42. The molecular weight excluding hydrogens is 430 g/mol. The van der Waals surface area contributed by atoms with Gasteiger partial charge >= 0.3 is 5.97 Å². The third-order valence-corrected chi connectivity index (χ3v) is 6.07. The summed E-state index contributed by atoms with van der Waals surface area (Å²) >= 11 is 5.16. The summed E-state index contributed by atoms with van der Waals surface area (Å²) in [6.07, 6.45) is 0. The fourth-order valence-corrected chi connectivity index (χ4v) is 4.58. The van der Waals surface area contributed by atoms with Crippen molar-refractivity contribution in [2.24, 2.45) is 0 Å². The molecule has 1 saturated heterocycles. The van der Waals surface area contributed by atoms with Crippen molar-refractivity contribution in [1.29, 1.82) is 0 Å². The van der Waals surface area contributed by atoms with Crippen LogP contribution in [0.3, 0.4) is 0 Å². The Morgan fingerprint density at radius 2 is 2.04 bits per heavy atom. The fourth-order valence-electron chi connectivity index (χ4n) is 2.79. The zero-order valence-electron chi connectivity index (χ0n) is 15.2. The van der Waals surface area contributed by atoms with Crippen LogP contribution in [0.5, 0.6) is 11.5 Å². The average molecular weight is 452 g/mol. The number of aryl methyl sites for hydroxylation is 1. The van der Waals surface area contributed by atoms with Gasteiger partial charge in [0.2, 0.25) is 0 Å². The Labute approximate surface area is 171 Å². The molecule has 0 radical (unpaired) electrons. The van der Waals surface area contributed by atoms with Crippen molar-refractivity contribution < 1.29 is 19.4 Å². The lowest BCUT2D eigenvalue weighted by Crippen LogP contribution is -2.33. The highest BCUT2D eigenvalue weighted by molar-refractivity contribution is 9.10. The van der Waals surface area contributed by atoms with E-state index in [0.29, 0.717) is 30.5 Å². The number of carboxylic acid groups (broad SMARTS) is 1. The van der Waals surface area contributed by atoms with Gasteiger partial charge in [-0.2, -0.15) is 0 Å². The highest BCUT2D eigenvalue weighted by Gasteiger charge is 2.31. The Morgan fingerprint density at radius 3 is 2.67 bits per heavy atom. The van der Waals surface area contributed by atoms with Crippen LogP contribution in [0.25, 0.3) is 0 Å². The molecule has 144 valence electrons. The molecule has 7 heteroatoms. The molecule has 5 nitrogen and oxygen atoms in total. The van der Waals surface area contributed by atoms with Crippen molar-refractivity contribution in [1.82, 2.24) is 5.32 Å². The largest absolute Gasteiger partial charge is 0.490 e. The quantitative estimate of drug-likeness (QED) is 0.644. The van der Waals surface area contributed by atoms with Crippen LogP contribution in [0.4, 0.5) is 0 Å². The van der Waals surface area contributed by atoms with Crippen LogP contribution in [0.15, 0.2) is 40.9 Å². The lowest BCUT2D eigenvalue weighted by atomic mass is 10.1. The van der Waals surface area contributed by atoms with Gasteiger partial charge in [0.1, 0.15) is 12.6 Å². The van der Waals surface area contributed by atoms with Gasteiger partial charge in [0, 0.05) is 5.75 Å². The van der Waals surface area contributed by atoms with E-state index in [4.69, 9.17) is 9.47 Å². The number of hydrogen-bond acceptors (Lipinski definition) is 5. The number of aliphatic carboxylic acids is 1. The van der Waals surface area contributed by atoms with Crippen LogP contribution in [-0.2, 0) is 11.4 Å². The number of halogens is 1. The molecule has 0 unspecified atom stereocenters. The van der Waals surface area contributed by atoms with Gasteiger partial charge in [-0.15, -0.1) is 11.8 Å². The third-order valence-electron chi connectivity index (χ3n) is 4.22. The first-order chi connectivity index (χ1) is 13.0. The van der Waals surface area contributed by atoms with E-state index in [2.05, 4.69) is 40.3 Å².